The summed E-state index contributed by atoms with van der Waals surface area (Å²) in [7, 11) is 1.73. The van der Waals surface area contributed by atoms with Crippen LogP contribution < -0.4 is 16.0 Å². The lowest BCUT2D eigenvalue weighted by Gasteiger charge is -2.11. The van der Waals surface area contributed by atoms with Gasteiger partial charge in [-0.15, -0.1) is 0 Å². The molecule has 0 atom stereocenters. The lowest BCUT2D eigenvalue weighted by molar-refractivity contribution is -0.120. The van der Waals surface area contributed by atoms with Crippen LogP contribution in [0, 0.1) is 0 Å². The average Bonchev–Trinajstić information content (AvgIpc) is 2.34. The lowest BCUT2D eigenvalue weighted by Crippen LogP contribution is -2.39. The average molecular weight is 242 g/mol. The van der Waals surface area contributed by atoms with Crippen LogP contribution in [0.25, 0.3) is 0 Å². The molecule has 1 amide bonds. The highest BCUT2D eigenvalue weighted by Gasteiger charge is 2.00. The van der Waals surface area contributed by atoms with E-state index < -0.39 is 0 Å². The zero-order chi connectivity index (χ0) is 12.9. The van der Waals surface area contributed by atoms with Gasteiger partial charge in [-0.25, -0.2) is 0 Å². The third-order valence-electron chi connectivity index (χ3n) is 2.26. The normalized spacial score (nSPS) is 11.1. The van der Waals surface area contributed by atoms with Crippen molar-refractivity contribution in [1.82, 2.24) is 16.0 Å². The van der Waals surface area contributed by atoms with Gasteiger partial charge >= 0.3 is 0 Å². The molecule has 0 fully saturated rings. The second-order valence-corrected chi connectivity index (χ2v) is 3.88. The standard InChI is InChI=1S/C12H26N4O/c1-4-6-9-15-12(13-3)16-10-7-11(17)14-8-5-2/h4-10H2,1-3H3,(H,14,17)(H2,13,15,16). The quantitative estimate of drug-likeness (QED) is 0.336. The molecule has 0 aliphatic heterocycles. The SMILES string of the molecule is CCCCNC(=NC)NCCC(=O)NCCC. The molecule has 0 unspecified atom stereocenters. The molecule has 0 aromatic heterocycles. The molecule has 0 aliphatic rings. The highest BCUT2D eigenvalue weighted by molar-refractivity contribution is 5.81. The summed E-state index contributed by atoms with van der Waals surface area (Å²) in [6.07, 6.45) is 3.73. The van der Waals surface area contributed by atoms with Crippen molar-refractivity contribution in [2.75, 3.05) is 26.7 Å². The van der Waals surface area contributed by atoms with Gasteiger partial charge in [0.1, 0.15) is 0 Å². The van der Waals surface area contributed by atoms with Crippen molar-refractivity contribution in [3.05, 3.63) is 0 Å². The van der Waals surface area contributed by atoms with E-state index in [-0.39, 0.29) is 5.91 Å². The Morgan fingerprint density at radius 2 is 1.71 bits per heavy atom. The topological polar surface area (TPSA) is 65.5 Å². The van der Waals surface area contributed by atoms with Gasteiger partial charge in [-0.2, -0.15) is 0 Å². The highest BCUT2D eigenvalue weighted by Crippen LogP contribution is 1.83. The molecule has 0 aliphatic carbocycles. The van der Waals surface area contributed by atoms with Crippen LogP contribution in [0.5, 0.6) is 0 Å². The Morgan fingerprint density at radius 3 is 2.29 bits per heavy atom. The van der Waals surface area contributed by atoms with Gasteiger partial charge in [-0.05, 0) is 12.8 Å². The first-order valence-corrected chi connectivity index (χ1v) is 6.45. The van der Waals surface area contributed by atoms with Crippen LogP contribution in [0.2, 0.25) is 0 Å². The summed E-state index contributed by atoms with van der Waals surface area (Å²) >= 11 is 0. The molecule has 0 aromatic carbocycles. The minimum absolute atomic E-state index is 0.0864. The van der Waals surface area contributed by atoms with Crippen LogP contribution in [0.15, 0.2) is 4.99 Å². The van der Waals surface area contributed by atoms with E-state index in [1.807, 2.05) is 6.92 Å². The van der Waals surface area contributed by atoms with Gasteiger partial charge in [0, 0.05) is 33.1 Å². The van der Waals surface area contributed by atoms with Gasteiger partial charge in [-0.1, -0.05) is 20.3 Å². The Balaban J connectivity index is 3.59. The number of nitrogens with one attached hydrogen (secondary N) is 3. The Morgan fingerprint density at radius 1 is 1.00 bits per heavy atom. The number of guanidine groups is 1. The van der Waals surface area contributed by atoms with E-state index in [1.54, 1.807) is 7.05 Å². The molecular formula is C12H26N4O. The fourth-order valence-corrected chi connectivity index (χ4v) is 1.25. The van der Waals surface area contributed by atoms with E-state index in [0.717, 1.165) is 38.3 Å². The molecule has 0 rings (SSSR count). The summed E-state index contributed by atoms with van der Waals surface area (Å²) in [4.78, 5) is 15.4. The van der Waals surface area contributed by atoms with Gasteiger partial charge < -0.3 is 16.0 Å². The van der Waals surface area contributed by atoms with E-state index in [1.165, 1.54) is 0 Å². The third kappa shape index (κ3) is 9.66. The molecule has 0 heterocycles. The third-order valence-corrected chi connectivity index (χ3v) is 2.26. The molecule has 0 bridgehead atoms. The Kier molecular flexibility index (Phi) is 10.4. The zero-order valence-corrected chi connectivity index (χ0v) is 11.3. The van der Waals surface area contributed by atoms with Crippen LogP contribution in [0.3, 0.4) is 0 Å². The summed E-state index contributed by atoms with van der Waals surface area (Å²) in [6, 6.07) is 0. The zero-order valence-electron chi connectivity index (χ0n) is 11.3. The monoisotopic (exact) mass is 242 g/mol. The second-order valence-electron chi connectivity index (χ2n) is 3.88. The Hall–Kier alpha value is -1.26. The molecule has 0 spiro atoms. The summed E-state index contributed by atoms with van der Waals surface area (Å²) in [6.45, 7) is 6.47. The number of carbonyl (C=O) groups is 1. The first-order chi connectivity index (χ1) is 8.24. The summed E-state index contributed by atoms with van der Waals surface area (Å²) in [5.74, 6) is 0.852. The molecule has 5 nitrogen and oxygen atoms in total. The van der Waals surface area contributed by atoms with E-state index in [2.05, 4.69) is 27.9 Å². The molecule has 0 saturated heterocycles. The van der Waals surface area contributed by atoms with Crippen molar-refractivity contribution in [2.45, 2.75) is 39.5 Å². The molecular weight excluding hydrogens is 216 g/mol. The summed E-state index contributed by atoms with van der Waals surface area (Å²) in [5, 5.41) is 9.15. The maximum atomic E-state index is 11.3. The number of hydrogen-bond donors (Lipinski definition) is 3. The fourth-order valence-electron chi connectivity index (χ4n) is 1.25. The number of nitrogens with zero attached hydrogens (tertiary/aromatic N) is 1. The number of rotatable bonds is 8. The number of unbranched alkanes of at least 4 members (excludes halogenated alkanes) is 1. The van der Waals surface area contributed by atoms with Crippen LogP contribution in [0.4, 0.5) is 0 Å². The van der Waals surface area contributed by atoms with Gasteiger partial charge in [0.15, 0.2) is 5.96 Å². The lowest BCUT2D eigenvalue weighted by atomic mass is 10.3. The van der Waals surface area contributed by atoms with Crippen LogP contribution in [-0.2, 0) is 4.79 Å². The van der Waals surface area contributed by atoms with Crippen molar-refractivity contribution >= 4 is 11.9 Å². The number of carbonyl (C=O) groups excluding carboxylic acids is 1. The van der Waals surface area contributed by atoms with Gasteiger partial charge in [0.2, 0.25) is 5.91 Å². The molecule has 17 heavy (non-hydrogen) atoms. The Bertz CT molecular complexity index is 229. The van der Waals surface area contributed by atoms with E-state index in [9.17, 15) is 4.79 Å². The van der Waals surface area contributed by atoms with Crippen molar-refractivity contribution in [3.63, 3.8) is 0 Å². The van der Waals surface area contributed by atoms with E-state index >= 15 is 0 Å². The van der Waals surface area contributed by atoms with Crippen LogP contribution >= 0.6 is 0 Å². The number of aliphatic imine (C=N–C) groups is 1. The number of hydrogen-bond acceptors (Lipinski definition) is 2. The highest BCUT2D eigenvalue weighted by atomic mass is 16.1. The number of amides is 1. The largest absolute Gasteiger partial charge is 0.356 e. The van der Waals surface area contributed by atoms with Crippen LogP contribution in [0.1, 0.15) is 39.5 Å². The van der Waals surface area contributed by atoms with Gasteiger partial charge in [0.25, 0.3) is 0 Å². The van der Waals surface area contributed by atoms with Crippen molar-refractivity contribution in [1.29, 1.82) is 0 Å². The van der Waals surface area contributed by atoms with E-state index in [0.29, 0.717) is 13.0 Å². The molecule has 5 heteroatoms. The van der Waals surface area contributed by atoms with Gasteiger partial charge in [-0.3, -0.25) is 9.79 Å². The fraction of sp³-hybridized carbons (Fsp3) is 0.833. The predicted molar refractivity (Wildman–Crippen MR) is 72.2 cm³/mol. The van der Waals surface area contributed by atoms with Crippen molar-refractivity contribution in [2.24, 2.45) is 4.99 Å². The molecule has 0 aromatic rings. The summed E-state index contributed by atoms with van der Waals surface area (Å²) in [5.41, 5.74) is 0. The minimum Gasteiger partial charge on any atom is -0.356 e. The Labute approximate surface area is 104 Å². The molecule has 100 valence electrons. The molecule has 0 saturated carbocycles. The second kappa shape index (κ2) is 11.2. The smallest absolute Gasteiger partial charge is 0.221 e. The maximum absolute atomic E-state index is 11.3. The molecule has 3 N–H and O–H groups in total. The van der Waals surface area contributed by atoms with Crippen molar-refractivity contribution in [3.8, 4) is 0 Å². The van der Waals surface area contributed by atoms with Crippen molar-refractivity contribution < 1.29 is 4.79 Å². The van der Waals surface area contributed by atoms with Crippen LogP contribution in [-0.4, -0.2) is 38.5 Å². The summed E-state index contributed by atoms with van der Waals surface area (Å²) < 4.78 is 0. The maximum Gasteiger partial charge on any atom is 0.221 e. The minimum atomic E-state index is 0.0864. The first kappa shape index (κ1) is 15.7. The molecule has 0 radical (unpaired) electrons. The predicted octanol–water partition coefficient (Wildman–Crippen LogP) is 0.868. The van der Waals surface area contributed by atoms with E-state index in [4.69, 9.17) is 0 Å². The first-order valence-electron chi connectivity index (χ1n) is 6.45. The van der Waals surface area contributed by atoms with Gasteiger partial charge in [0.05, 0.1) is 0 Å².